The summed E-state index contributed by atoms with van der Waals surface area (Å²) in [5, 5.41) is 14.6. The maximum atomic E-state index is 13.4. The molecule has 10 atom stereocenters. The number of nitrogens with two attached hydrogens (primary N) is 3. The lowest BCUT2D eigenvalue weighted by Gasteiger charge is -2.25. The Kier molecular flexibility index (Phi) is 14.2. The number of azide groups is 1. The number of hydrogen-bond acceptors (Lipinski definition) is 21. The average Bonchev–Trinajstić information content (AvgIpc) is 3.80. The molecule has 3 unspecified atom stereocenters. The quantitative estimate of drug-likeness (QED) is 0.0216. The number of nitrogens with zero attached hydrogens (tertiary/aromatic N) is 9. The number of hydrogen-bond donors (Lipinski definition) is 7. The second-order valence-electron chi connectivity index (χ2n) is 11.8. The molecule has 2 saturated heterocycles. The Bertz CT molecular complexity index is 2040. The van der Waals surface area contributed by atoms with E-state index in [9.17, 15) is 38.5 Å². The maximum absolute atomic E-state index is 13.4. The van der Waals surface area contributed by atoms with Crippen LogP contribution in [0.1, 0.15) is 25.3 Å². The van der Waals surface area contributed by atoms with E-state index in [4.69, 9.17) is 46.0 Å². The standard InChI is InChI=1S/C25H36N12O14P2S2/c1-54-55-11(6-33-35-29)4-12(26)24(39)50-20-15(49-23(19(20)38)37-10-32-18-21(28)30-9-31-22(18)37)8-47-53(44,45)51-13-5-17(36-3-2-16(27)34-25(36)40)48-14(13)7-46-52(41,42)43/h2-3,9-15,17,19-20,23,38H,4-8,26H2,1H3,(H,44,45)(H2,27,34,40)(H2,28,30,31)(H2,41,42,43)/t11?,12?,13-,14+,15-,17+,19+,20+,23+/m0/s1. The van der Waals surface area contributed by atoms with Crippen molar-refractivity contribution in [2.24, 2.45) is 10.8 Å². The molecule has 0 bridgehead atoms. The summed E-state index contributed by atoms with van der Waals surface area (Å²) in [4.78, 5) is 73.5. The lowest BCUT2D eigenvalue weighted by atomic mass is 10.1. The second-order valence-corrected chi connectivity index (χ2v) is 17.2. The van der Waals surface area contributed by atoms with E-state index in [1.165, 1.54) is 44.7 Å². The molecule has 3 aromatic heterocycles. The number of rotatable bonds is 18. The number of aliphatic hydroxyl groups excluding tert-OH is 1. The van der Waals surface area contributed by atoms with Crippen molar-refractivity contribution in [2.45, 2.75) is 67.1 Å². The van der Waals surface area contributed by atoms with Crippen LogP contribution in [0.25, 0.3) is 21.6 Å². The van der Waals surface area contributed by atoms with Crippen molar-refractivity contribution in [1.82, 2.24) is 29.1 Å². The highest BCUT2D eigenvalue weighted by Gasteiger charge is 2.50. The fourth-order valence-corrected chi connectivity index (χ4v) is 8.83. The number of fused-ring (bicyclic) bond motifs is 1. The average molecular weight is 855 g/mol. The number of carbonyl (C=O) groups excluding carboxylic acids is 1. The van der Waals surface area contributed by atoms with E-state index in [1.807, 2.05) is 0 Å². The summed E-state index contributed by atoms with van der Waals surface area (Å²) in [6, 6.07) is 0.00509. The number of anilines is 2. The molecule has 30 heteroatoms. The summed E-state index contributed by atoms with van der Waals surface area (Å²) in [7, 11) is -7.55. The van der Waals surface area contributed by atoms with Crippen LogP contribution in [-0.4, -0.2) is 123 Å². The lowest BCUT2D eigenvalue weighted by Crippen LogP contribution is -2.44. The second kappa shape index (κ2) is 18.2. The molecule has 2 aliphatic heterocycles. The van der Waals surface area contributed by atoms with Gasteiger partial charge in [0.05, 0.1) is 19.5 Å². The summed E-state index contributed by atoms with van der Waals surface area (Å²) in [5.41, 5.74) is 25.7. The minimum Gasteiger partial charge on any atom is -0.455 e. The molecular weight excluding hydrogens is 818 g/mol. The minimum atomic E-state index is -5.18. The van der Waals surface area contributed by atoms with Gasteiger partial charge in [-0.05, 0) is 24.3 Å². The Hall–Kier alpha value is -3.43. The monoisotopic (exact) mass is 854 g/mol. The number of phosphoric ester groups is 2. The van der Waals surface area contributed by atoms with Gasteiger partial charge in [0.1, 0.15) is 54.3 Å². The first-order valence-corrected chi connectivity index (χ1v) is 21.4. The number of ether oxygens (including phenoxy) is 3. The Labute approximate surface area is 317 Å². The number of esters is 1. The molecule has 0 radical (unpaired) electrons. The number of aromatic nitrogens is 6. The Morgan fingerprint density at radius 2 is 1.91 bits per heavy atom. The van der Waals surface area contributed by atoms with E-state index in [-0.39, 0.29) is 47.4 Å². The highest BCUT2D eigenvalue weighted by atomic mass is 33.1. The molecule has 55 heavy (non-hydrogen) atoms. The fraction of sp³-hybridized carbons (Fsp3) is 0.600. The maximum Gasteiger partial charge on any atom is 0.472 e. The van der Waals surface area contributed by atoms with Gasteiger partial charge in [-0.3, -0.25) is 27.5 Å². The number of carbonyl (C=O) groups is 1. The van der Waals surface area contributed by atoms with Gasteiger partial charge in [0, 0.05) is 29.3 Å². The zero-order valence-electron chi connectivity index (χ0n) is 28.4. The molecule has 3 aromatic rings. The minimum absolute atomic E-state index is 0.00949. The van der Waals surface area contributed by atoms with Crippen LogP contribution < -0.4 is 22.9 Å². The smallest absolute Gasteiger partial charge is 0.455 e. The third-order valence-corrected chi connectivity index (χ3v) is 11.7. The molecular formula is C25H36N12O14P2S2. The van der Waals surface area contributed by atoms with E-state index < -0.39 is 89.5 Å². The molecule has 5 heterocycles. The highest BCUT2D eigenvalue weighted by Crippen LogP contribution is 2.50. The molecule has 0 amide bonds. The van der Waals surface area contributed by atoms with Crippen molar-refractivity contribution in [2.75, 3.05) is 37.5 Å². The molecule has 0 aromatic carbocycles. The molecule has 10 N–H and O–H groups in total. The van der Waals surface area contributed by atoms with Crippen molar-refractivity contribution < 1.29 is 61.5 Å². The summed E-state index contributed by atoms with van der Waals surface area (Å²) in [5.74, 6) is -1.08. The van der Waals surface area contributed by atoms with E-state index in [0.29, 0.717) is 0 Å². The zero-order chi connectivity index (χ0) is 40.1. The first-order valence-electron chi connectivity index (χ1n) is 15.8. The number of aliphatic hydroxyl groups is 1. The molecule has 302 valence electrons. The zero-order valence-corrected chi connectivity index (χ0v) is 31.8. The van der Waals surface area contributed by atoms with Gasteiger partial charge in [0.15, 0.2) is 23.8 Å². The van der Waals surface area contributed by atoms with Crippen molar-refractivity contribution >= 4 is 66.0 Å². The normalized spacial score (nSPS) is 26.3. The highest BCUT2D eigenvalue weighted by molar-refractivity contribution is 8.76. The third-order valence-electron chi connectivity index (χ3n) is 8.04. The number of imidazole rings is 1. The van der Waals surface area contributed by atoms with Gasteiger partial charge in [-0.1, -0.05) is 26.7 Å². The van der Waals surface area contributed by atoms with Gasteiger partial charge in [-0.25, -0.2) is 28.9 Å². The van der Waals surface area contributed by atoms with Crippen molar-refractivity contribution in [3.8, 4) is 0 Å². The van der Waals surface area contributed by atoms with Crippen molar-refractivity contribution in [3.63, 3.8) is 0 Å². The van der Waals surface area contributed by atoms with E-state index in [2.05, 4.69) is 34.5 Å². The Morgan fingerprint density at radius 3 is 2.60 bits per heavy atom. The van der Waals surface area contributed by atoms with E-state index in [1.54, 1.807) is 6.26 Å². The van der Waals surface area contributed by atoms with E-state index >= 15 is 0 Å². The van der Waals surface area contributed by atoms with Gasteiger partial charge in [0.25, 0.3) is 0 Å². The molecule has 2 fully saturated rings. The van der Waals surface area contributed by atoms with Gasteiger partial charge in [-0.15, -0.1) is 0 Å². The van der Waals surface area contributed by atoms with Crippen LogP contribution in [0.2, 0.25) is 0 Å². The predicted molar refractivity (Wildman–Crippen MR) is 191 cm³/mol. The SMILES string of the molecule is CSSC(CN=[N+]=[N-])CC(N)C(=O)O[C@H]1[C@@H](O)[C@H](n2cnc3c(N)ncnc32)O[C@H]1COP(=O)(O)O[C@H]1C[C@H](n2ccc(N)nc2=O)O[C@@H]1COP(=O)(O)O. The lowest BCUT2D eigenvalue weighted by molar-refractivity contribution is -0.158. The predicted octanol–water partition coefficient (Wildman–Crippen LogP) is -0.276. The van der Waals surface area contributed by atoms with Gasteiger partial charge in [-0.2, -0.15) is 4.98 Å². The van der Waals surface area contributed by atoms with Gasteiger partial charge in [0.2, 0.25) is 0 Å². The first-order chi connectivity index (χ1) is 26.0. The summed E-state index contributed by atoms with van der Waals surface area (Å²) in [6.07, 6.45) is -5.16. The van der Waals surface area contributed by atoms with Gasteiger partial charge >= 0.3 is 27.3 Å². The molecule has 0 aliphatic carbocycles. The fourth-order valence-electron chi connectivity index (χ4n) is 5.61. The Morgan fingerprint density at radius 1 is 1.16 bits per heavy atom. The van der Waals surface area contributed by atoms with Gasteiger partial charge < -0.3 is 51.2 Å². The number of phosphoric acid groups is 2. The molecule has 5 rings (SSSR count). The van der Waals surface area contributed by atoms with E-state index in [0.717, 1.165) is 10.9 Å². The third kappa shape index (κ3) is 10.9. The summed E-state index contributed by atoms with van der Waals surface area (Å²) >= 11 is 0. The number of nitrogen functional groups attached to an aromatic ring is 2. The molecule has 0 saturated carbocycles. The van der Waals surface area contributed by atoms with Crippen molar-refractivity contribution in [3.05, 3.63) is 45.8 Å². The van der Waals surface area contributed by atoms with Crippen LogP contribution in [0.15, 0.2) is 34.8 Å². The summed E-state index contributed by atoms with van der Waals surface area (Å²) < 4.78 is 59.4. The van der Waals surface area contributed by atoms with Crippen LogP contribution in [0, 0.1) is 0 Å². The largest absolute Gasteiger partial charge is 0.472 e. The van der Waals surface area contributed by atoms with Crippen LogP contribution in [0.4, 0.5) is 11.6 Å². The van der Waals surface area contributed by atoms with Crippen LogP contribution in [-0.2, 0) is 41.7 Å². The van der Waals surface area contributed by atoms with Crippen LogP contribution >= 0.6 is 37.2 Å². The molecule has 2 aliphatic rings. The van der Waals surface area contributed by atoms with Crippen LogP contribution in [0.5, 0.6) is 0 Å². The molecule has 0 spiro atoms. The van der Waals surface area contributed by atoms with Crippen molar-refractivity contribution in [1.29, 1.82) is 0 Å². The van der Waals surface area contributed by atoms with Crippen LogP contribution in [0.3, 0.4) is 0 Å². The first kappa shape index (κ1) is 42.7. The Balaban J connectivity index is 1.34. The molecule has 26 nitrogen and oxygen atoms in total. The topological polar surface area (TPSA) is 393 Å². The summed E-state index contributed by atoms with van der Waals surface area (Å²) in [6.45, 7) is -1.68.